The molecule has 1 amide bonds. The minimum absolute atomic E-state index is 0.133. The quantitative estimate of drug-likeness (QED) is 0.791. The van der Waals surface area contributed by atoms with Crippen molar-refractivity contribution in [2.75, 3.05) is 26.7 Å². The van der Waals surface area contributed by atoms with Gasteiger partial charge in [-0.25, -0.2) is 8.42 Å². The maximum atomic E-state index is 13.0. The molecule has 1 N–H and O–H groups in total. The number of ether oxygens (including phenoxy) is 1. The topological polar surface area (TPSA) is 75.7 Å². The Kier molecular flexibility index (Phi) is 6.01. The number of carbonyl (C=O) groups excluding carboxylic acids is 1. The molecule has 1 aromatic carbocycles. The molecule has 0 bridgehead atoms. The van der Waals surface area contributed by atoms with Crippen LogP contribution in [0.1, 0.15) is 18.4 Å². The van der Waals surface area contributed by atoms with E-state index >= 15 is 0 Å². The van der Waals surface area contributed by atoms with E-state index in [1.54, 1.807) is 24.3 Å². The molecule has 7 heteroatoms. The predicted molar refractivity (Wildman–Crippen MR) is 92.4 cm³/mol. The SMILES string of the molecule is C=CCNC(=O)[C@@H]1CCCN(S(=O)(=O)c2cc(C)ccc2OC)C1. The fourth-order valence-electron chi connectivity index (χ4n) is 2.82. The summed E-state index contributed by atoms with van der Waals surface area (Å²) in [6.07, 6.45) is 2.94. The molecule has 1 atom stereocenters. The minimum Gasteiger partial charge on any atom is -0.495 e. The first-order valence-electron chi connectivity index (χ1n) is 7.93. The number of aryl methyl sites for hydroxylation is 1. The first kappa shape index (κ1) is 18.5. The van der Waals surface area contributed by atoms with Crippen molar-refractivity contribution in [3.63, 3.8) is 0 Å². The molecular formula is C17H24N2O4S. The molecule has 6 nitrogen and oxygen atoms in total. The maximum Gasteiger partial charge on any atom is 0.246 e. The van der Waals surface area contributed by atoms with Gasteiger partial charge in [-0.2, -0.15) is 4.31 Å². The second-order valence-electron chi connectivity index (χ2n) is 5.89. The molecule has 1 aromatic rings. The van der Waals surface area contributed by atoms with Crippen molar-refractivity contribution in [1.82, 2.24) is 9.62 Å². The van der Waals surface area contributed by atoms with Crippen molar-refractivity contribution < 1.29 is 17.9 Å². The van der Waals surface area contributed by atoms with Gasteiger partial charge in [0.05, 0.1) is 13.0 Å². The van der Waals surface area contributed by atoms with Crippen molar-refractivity contribution in [3.05, 3.63) is 36.4 Å². The summed E-state index contributed by atoms with van der Waals surface area (Å²) < 4.78 is 32.6. The molecule has 0 unspecified atom stereocenters. The Morgan fingerprint density at radius 1 is 1.50 bits per heavy atom. The van der Waals surface area contributed by atoms with Crippen LogP contribution < -0.4 is 10.1 Å². The summed E-state index contributed by atoms with van der Waals surface area (Å²) in [6.45, 7) is 6.37. The summed E-state index contributed by atoms with van der Waals surface area (Å²) in [6, 6.07) is 5.07. The number of sulfonamides is 1. The molecule has 1 aliphatic heterocycles. The van der Waals surface area contributed by atoms with Crippen molar-refractivity contribution in [2.24, 2.45) is 5.92 Å². The number of methoxy groups -OCH3 is 1. The van der Waals surface area contributed by atoms with Gasteiger partial charge in [0, 0.05) is 19.6 Å². The number of rotatable bonds is 6. The molecule has 1 fully saturated rings. The van der Waals surface area contributed by atoms with Gasteiger partial charge in [0.1, 0.15) is 10.6 Å². The lowest BCUT2D eigenvalue weighted by Gasteiger charge is -2.31. The lowest BCUT2D eigenvalue weighted by atomic mass is 9.99. The average molecular weight is 352 g/mol. The monoisotopic (exact) mass is 352 g/mol. The molecule has 132 valence electrons. The van der Waals surface area contributed by atoms with Crippen LogP contribution in [-0.4, -0.2) is 45.4 Å². The Morgan fingerprint density at radius 3 is 2.92 bits per heavy atom. The van der Waals surface area contributed by atoms with Crippen LogP contribution in [0.15, 0.2) is 35.7 Å². The van der Waals surface area contributed by atoms with Crippen molar-refractivity contribution in [2.45, 2.75) is 24.7 Å². The first-order valence-corrected chi connectivity index (χ1v) is 9.37. The number of amides is 1. The zero-order valence-electron chi connectivity index (χ0n) is 14.1. The first-order chi connectivity index (χ1) is 11.4. The maximum absolute atomic E-state index is 13.0. The van der Waals surface area contributed by atoms with E-state index < -0.39 is 10.0 Å². The Hall–Kier alpha value is -1.86. The summed E-state index contributed by atoms with van der Waals surface area (Å²) in [5, 5.41) is 2.74. The highest BCUT2D eigenvalue weighted by atomic mass is 32.2. The Morgan fingerprint density at radius 2 is 2.25 bits per heavy atom. The number of hydrogen-bond acceptors (Lipinski definition) is 4. The van der Waals surface area contributed by atoms with Gasteiger partial charge in [-0.3, -0.25) is 4.79 Å². The fourth-order valence-corrected chi connectivity index (χ4v) is 4.58. The number of nitrogens with one attached hydrogen (secondary N) is 1. The summed E-state index contributed by atoms with van der Waals surface area (Å²) in [4.78, 5) is 12.3. The van der Waals surface area contributed by atoms with E-state index in [1.807, 2.05) is 6.92 Å². The minimum atomic E-state index is -3.71. The van der Waals surface area contributed by atoms with Gasteiger partial charge in [0.25, 0.3) is 0 Å². The molecule has 2 rings (SSSR count). The summed E-state index contributed by atoms with van der Waals surface area (Å²) >= 11 is 0. The number of piperidine rings is 1. The molecule has 0 saturated carbocycles. The normalized spacial score (nSPS) is 18.8. The van der Waals surface area contributed by atoms with Crippen LogP contribution in [0.2, 0.25) is 0 Å². The Bertz CT molecular complexity index is 715. The van der Waals surface area contributed by atoms with Gasteiger partial charge in [-0.15, -0.1) is 6.58 Å². The van der Waals surface area contributed by atoms with Gasteiger partial charge in [-0.1, -0.05) is 12.1 Å². The van der Waals surface area contributed by atoms with E-state index in [0.717, 1.165) is 5.56 Å². The highest BCUT2D eigenvalue weighted by Gasteiger charge is 2.34. The lowest BCUT2D eigenvalue weighted by Crippen LogP contribution is -2.45. The molecule has 0 aliphatic carbocycles. The third-order valence-corrected chi connectivity index (χ3v) is 6.00. The number of nitrogens with zero attached hydrogens (tertiary/aromatic N) is 1. The molecule has 1 saturated heterocycles. The smallest absolute Gasteiger partial charge is 0.246 e. The van der Waals surface area contributed by atoms with Crippen molar-refractivity contribution in [1.29, 1.82) is 0 Å². The largest absolute Gasteiger partial charge is 0.495 e. The van der Waals surface area contributed by atoms with Crippen LogP contribution in [0.5, 0.6) is 5.75 Å². The van der Waals surface area contributed by atoms with Crippen molar-refractivity contribution >= 4 is 15.9 Å². The van der Waals surface area contributed by atoms with E-state index in [0.29, 0.717) is 31.7 Å². The van der Waals surface area contributed by atoms with Crippen LogP contribution in [0.3, 0.4) is 0 Å². The van der Waals surface area contributed by atoms with E-state index in [4.69, 9.17) is 4.74 Å². The average Bonchev–Trinajstić information content (AvgIpc) is 2.59. The van der Waals surface area contributed by atoms with Gasteiger partial charge in [0.15, 0.2) is 0 Å². The van der Waals surface area contributed by atoms with E-state index in [1.165, 1.54) is 11.4 Å². The zero-order chi connectivity index (χ0) is 17.7. The molecule has 0 spiro atoms. The van der Waals surface area contributed by atoms with Crippen LogP contribution in [-0.2, 0) is 14.8 Å². The lowest BCUT2D eigenvalue weighted by molar-refractivity contribution is -0.125. The number of hydrogen-bond donors (Lipinski definition) is 1. The molecule has 24 heavy (non-hydrogen) atoms. The van der Waals surface area contributed by atoms with Crippen LogP contribution in [0.25, 0.3) is 0 Å². The van der Waals surface area contributed by atoms with Crippen molar-refractivity contribution in [3.8, 4) is 5.75 Å². The summed E-state index contributed by atoms with van der Waals surface area (Å²) in [5.74, 6) is -0.158. The number of benzene rings is 1. The highest BCUT2D eigenvalue weighted by molar-refractivity contribution is 7.89. The summed E-state index contributed by atoms with van der Waals surface area (Å²) in [7, 11) is -2.26. The van der Waals surface area contributed by atoms with Crippen LogP contribution in [0, 0.1) is 12.8 Å². The predicted octanol–water partition coefficient (Wildman–Crippen LogP) is 1.71. The Balaban J connectivity index is 2.24. The standard InChI is InChI=1S/C17H24N2O4S/c1-4-9-18-17(20)14-6-5-10-19(12-14)24(21,22)16-11-13(2)7-8-15(16)23-3/h4,7-8,11,14H,1,5-6,9-10,12H2,2-3H3,(H,18,20)/t14-/m1/s1. The van der Waals surface area contributed by atoms with E-state index in [-0.39, 0.29) is 23.3 Å². The summed E-state index contributed by atoms with van der Waals surface area (Å²) in [5.41, 5.74) is 0.840. The zero-order valence-corrected chi connectivity index (χ0v) is 14.9. The third kappa shape index (κ3) is 3.96. The van der Waals surface area contributed by atoms with Crippen LogP contribution in [0.4, 0.5) is 0 Å². The third-order valence-electron chi connectivity index (χ3n) is 4.11. The number of carbonyl (C=O) groups is 1. The van der Waals surface area contributed by atoms with E-state index in [9.17, 15) is 13.2 Å². The fraction of sp³-hybridized carbons (Fsp3) is 0.471. The molecular weight excluding hydrogens is 328 g/mol. The van der Waals surface area contributed by atoms with Gasteiger partial charge in [-0.05, 0) is 37.5 Å². The van der Waals surface area contributed by atoms with E-state index in [2.05, 4.69) is 11.9 Å². The van der Waals surface area contributed by atoms with Gasteiger partial charge in [0.2, 0.25) is 15.9 Å². The van der Waals surface area contributed by atoms with Gasteiger partial charge >= 0.3 is 0 Å². The second-order valence-corrected chi connectivity index (χ2v) is 7.80. The molecule has 1 aliphatic rings. The molecule has 0 aromatic heterocycles. The Labute approximate surface area is 143 Å². The van der Waals surface area contributed by atoms with Gasteiger partial charge < -0.3 is 10.1 Å². The molecule has 1 heterocycles. The highest BCUT2D eigenvalue weighted by Crippen LogP contribution is 2.30. The second kappa shape index (κ2) is 7.81. The van der Waals surface area contributed by atoms with Crippen LogP contribution >= 0.6 is 0 Å². The molecule has 0 radical (unpaired) electrons.